The molecule has 0 fully saturated rings. The summed E-state index contributed by atoms with van der Waals surface area (Å²) in [4.78, 5) is 13.5. The van der Waals surface area contributed by atoms with Crippen molar-refractivity contribution in [2.24, 2.45) is 5.73 Å². The number of nitrogens with two attached hydrogens (primary N) is 1. The summed E-state index contributed by atoms with van der Waals surface area (Å²) in [5, 5.41) is 0. The maximum Gasteiger partial charge on any atom is 0.233 e. The second-order valence-corrected chi connectivity index (χ2v) is 4.47. The normalized spacial score (nSPS) is 9.94. The average molecular weight is 236 g/mol. The molecule has 1 amide bonds. The minimum absolute atomic E-state index is 0.0856. The predicted octanol–water partition coefficient (Wildman–Crippen LogP) is 1.94. The van der Waals surface area contributed by atoms with Gasteiger partial charge < -0.3 is 10.6 Å². The third-order valence-electron chi connectivity index (χ3n) is 2.29. The Morgan fingerprint density at radius 3 is 2.25 bits per heavy atom. The molecule has 0 aliphatic rings. The van der Waals surface area contributed by atoms with Gasteiger partial charge in [0.15, 0.2) is 0 Å². The Morgan fingerprint density at radius 2 is 1.81 bits per heavy atom. The van der Waals surface area contributed by atoms with Crippen molar-refractivity contribution < 1.29 is 4.79 Å². The molecule has 1 aromatic carbocycles. The quantitative estimate of drug-likeness (QED) is 0.816. The minimum Gasteiger partial charge on any atom is -0.393 e. The van der Waals surface area contributed by atoms with Gasteiger partial charge in [-0.15, -0.1) is 0 Å². The van der Waals surface area contributed by atoms with Crippen LogP contribution in [0.3, 0.4) is 0 Å². The molecule has 16 heavy (non-hydrogen) atoms. The van der Waals surface area contributed by atoms with E-state index in [2.05, 4.69) is 6.07 Å². The first kappa shape index (κ1) is 12.6. The molecule has 0 aliphatic carbocycles. The zero-order valence-electron chi connectivity index (χ0n) is 9.78. The van der Waals surface area contributed by atoms with Gasteiger partial charge in [0, 0.05) is 12.7 Å². The first-order valence-corrected chi connectivity index (χ1v) is 5.44. The lowest BCUT2D eigenvalue weighted by Crippen LogP contribution is -2.29. The summed E-state index contributed by atoms with van der Waals surface area (Å²) < 4.78 is 0. The number of carbonyl (C=O) groups excluding carboxylic acids is 1. The molecule has 0 aliphatic heterocycles. The highest BCUT2D eigenvalue weighted by Crippen LogP contribution is 2.18. The summed E-state index contributed by atoms with van der Waals surface area (Å²) in [6, 6.07) is 5.99. The van der Waals surface area contributed by atoms with Crippen molar-refractivity contribution in [1.82, 2.24) is 0 Å². The second-order valence-electron chi connectivity index (χ2n) is 3.94. The lowest BCUT2D eigenvalue weighted by Gasteiger charge is -2.18. The van der Waals surface area contributed by atoms with Gasteiger partial charge in [0.05, 0.1) is 11.4 Å². The lowest BCUT2D eigenvalue weighted by atomic mass is 10.1. The van der Waals surface area contributed by atoms with Gasteiger partial charge in [-0.3, -0.25) is 4.79 Å². The molecule has 0 unspecified atom stereocenters. The fourth-order valence-corrected chi connectivity index (χ4v) is 1.68. The van der Waals surface area contributed by atoms with Crippen LogP contribution in [0.25, 0.3) is 0 Å². The fourth-order valence-electron chi connectivity index (χ4n) is 1.56. The van der Waals surface area contributed by atoms with E-state index in [0.717, 1.165) is 16.8 Å². The monoisotopic (exact) mass is 236 g/mol. The summed E-state index contributed by atoms with van der Waals surface area (Å²) in [6.45, 7) is 4.00. The molecule has 0 bridgehead atoms. The molecule has 0 atom stereocenters. The molecule has 0 saturated heterocycles. The number of amides is 1. The van der Waals surface area contributed by atoms with Crippen molar-refractivity contribution >= 4 is 28.8 Å². The van der Waals surface area contributed by atoms with E-state index in [-0.39, 0.29) is 17.3 Å². The van der Waals surface area contributed by atoms with Crippen LogP contribution >= 0.6 is 12.2 Å². The first-order chi connectivity index (χ1) is 7.40. The summed E-state index contributed by atoms with van der Waals surface area (Å²) in [5.74, 6) is -0.0856. The molecule has 0 radical (unpaired) electrons. The van der Waals surface area contributed by atoms with Crippen LogP contribution in [-0.2, 0) is 4.79 Å². The fraction of sp³-hybridized carbons (Fsp3) is 0.333. The van der Waals surface area contributed by atoms with E-state index in [0.29, 0.717) is 0 Å². The molecule has 86 valence electrons. The smallest absolute Gasteiger partial charge is 0.233 e. The number of hydrogen-bond donors (Lipinski definition) is 1. The van der Waals surface area contributed by atoms with Gasteiger partial charge in [0.25, 0.3) is 0 Å². The highest BCUT2D eigenvalue weighted by Gasteiger charge is 2.12. The summed E-state index contributed by atoms with van der Waals surface area (Å²) >= 11 is 4.72. The minimum atomic E-state index is -0.0856. The van der Waals surface area contributed by atoms with Gasteiger partial charge in [0.2, 0.25) is 5.91 Å². The molecule has 1 aromatic rings. The lowest BCUT2D eigenvalue weighted by molar-refractivity contribution is -0.117. The Bertz CT molecular complexity index is 409. The zero-order valence-corrected chi connectivity index (χ0v) is 10.6. The van der Waals surface area contributed by atoms with Gasteiger partial charge in [-0.1, -0.05) is 18.3 Å². The van der Waals surface area contributed by atoms with E-state index < -0.39 is 0 Å². The number of anilines is 1. The highest BCUT2D eigenvalue weighted by molar-refractivity contribution is 7.80. The Hall–Kier alpha value is -1.42. The molecule has 0 spiro atoms. The molecular weight excluding hydrogens is 220 g/mol. The molecule has 1 rings (SSSR count). The number of benzene rings is 1. The number of hydrogen-bond acceptors (Lipinski definition) is 2. The van der Waals surface area contributed by atoms with Gasteiger partial charge in [-0.2, -0.15) is 0 Å². The second kappa shape index (κ2) is 5.07. The average Bonchev–Trinajstić information content (AvgIpc) is 2.13. The predicted molar refractivity (Wildman–Crippen MR) is 70.7 cm³/mol. The van der Waals surface area contributed by atoms with Crippen LogP contribution < -0.4 is 10.6 Å². The topological polar surface area (TPSA) is 46.3 Å². The molecule has 0 aromatic heterocycles. The van der Waals surface area contributed by atoms with E-state index >= 15 is 0 Å². The van der Waals surface area contributed by atoms with E-state index in [1.807, 2.05) is 26.0 Å². The third kappa shape index (κ3) is 3.31. The maximum atomic E-state index is 11.7. The van der Waals surface area contributed by atoms with Crippen LogP contribution in [0.1, 0.15) is 17.5 Å². The van der Waals surface area contributed by atoms with Crippen molar-refractivity contribution in [2.75, 3.05) is 11.9 Å². The molecule has 0 saturated carbocycles. The van der Waals surface area contributed by atoms with Crippen molar-refractivity contribution in [3.8, 4) is 0 Å². The van der Waals surface area contributed by atoms with Crippen molar-refractivity contribution in [3.63, 3.8) is 0 Å². The molecule has 0 heterocycles. The van der Waals surface area contributed by atoms with Crippen LogP contribution in [0.2, 0.25) is 0 Å². The third-order valence-corrected chi connectivity index (χ3v) is 2.44. The van der Waals surface area contributed by atoms with Crippen molar-refractivity contribution in [2.45, 2.75) is 20.3 Å². The number of rotatable bonds is 3. The highest BCUT2D eigenvalue weighted by atomic mass is 32.1. The van der Waals surface area contributed by atoms with Crippen LogP contribution in [0, 0.1) is 13.8 Å². The largest absolute Gasteiger partial charge is 0.393 e. The van der Waals surface area contributed by atoms with Crippen LogP contribution in [0.5, 0.6) is 0 Å². The molecule has 4 heteroatoms. The zero-order chi connectivity index (χ0) is 12.3. The summed E-state index contributed by atoms with van der Waals surface area (Å²) in [6.07, 6.45) is 0.110. The van der Waals surface area contributed by atoms with E-state index in [1.165, 1.54) is 0 Å². The Balaban J connectivity index is 2.91. The van der Waals surface area contributed by atoms with Gasteiger partial charge in [0.1, 0.15) is 0 Å². The van der Waals surface area contributed by atoms with Crippen LogP contribution in [-0.4, -0.2) is 17.9 Å². The van der Waals surface area contributed by atoms with E-state index in [9.17, 15) is 4.79 Å². The summed E-state index contributed by atoms with van der Waals surface area (Å²) in [7, 11) is 1.73. The van der Waals surface area contributed by atoms with Gasteiger partial charge >= 0.3 is 0 Å². The number of carbonyl (C=O) groups is 1. The number of aryl methyl sites for hydroxylation is 2. The van der Waals surface area contributed by atoms with Crippen LogP contribution in [0.15, 0.2) is 18.2 Å². The number of nitrogens with zero attached hydrogens (tertiary/aromatic N) is 1. The standard InChI is InChI=1S/C12H16N2OS/c1-8-4-9(2)6-10(5-8)14(3)12(15)7-11(13)16/h4-6H,7H2,1-3H3,(H2,13,16). The van der Waals surface area contributed by atoms with Crippen molar-refractivity contribution in [1.29, 1.82) is 0 Å². The molecular formula is C12H16N2OS. The van der Waals surface area contributed by atoms with E-state index in [1.54, 1.807) is 11.9 Å². The first-order valence-electron chi connectivity index (χ1n) is 5.03. The Labute approximate surface area is 101 Å². The van der Waals surface area contributed by atoms with Crippen LogP contribution in [0.4, 0.5) is 5.69 Å². The number of thiocarbonyl (C=S) groups is 1. The SMILES string of the molecule is Cc1cc(C)cc(N(C)C(=O)CC(N)=S)c1. The van der Waals surface area contributed by atoms with E-state index in [4.69, 9.17) is 18.0 Å². The maximum absolute atomic E-state index is 11.7. The molecule has 2 N–H and O–H groups in total. The molecule has 3 nitrogen and oxygen atoms in total. The van der Waals surface area contributed by atoms with Gasteiger partial charge in [-0.25, -0.2) is 0 Å². The summed E-state index contributed by atoms with van der Waals surface area (Å²) in [5.41, 5.74) is 8.49. The van der Waals surface area contributed by atoms with Gasteiger partial charge in [-0.05, 0) is 37.1 Å². The van der Waals surface area contributed by atoms with Crippen molar-refractivity contribution in [3.05, 3.63) is 29.3 Å². The Morgan fingerprint density at radius 1 is 1.31 bits per heavy atom. The Kier molecular flexibility index (Phi) is 4.01.